The largest absolute Gasteiger partial charge is 0.399 e. The summed E-state index contributed by atoms with van der Waals surface area (Å²) in [6.45, 7) is 2.96. The van der Waals surface area contributed by atoms with Crippen molar-refractivity contribution >= 4 is 51.7 Å². The van der Waals surface area contributed by atoms with E-state index in [2.05, 4.69) is 102 Å². The standard InChI is InChI=1S/C31H24N3O3P/c1-21-10-12-22(13-11-21)18-34-19-25(32-33-34)20-35-38-36-28-16-14-23-6-2-4-8-26(23)30(28)31-27-9-5-3-7-24(27)15-17-29(31)37-38/h2-17,19H,18,20H2,1H3. The fourth-order valence-corrected chi connectivity index (χ4v) is 5.89. The maximum Gasteiger partial charge on any atom is 0.387 e. The van der Waals surface area contributed by atoms with Gasteiger partial charge in [-0.2, -0.15) is 0 Å². The normalized spacial score (nSPS) is 11.6. The SMILES string of the molecule is Cc1ccc(Cn2cc(COp3oc4ccc5ccccc5c4c4c(ccc5ccccc54)o3)nn2)cc1. The Morgan fingerprint density at radius 1 is 0.737 bits per heavy atom. The van der Waals surface area contributed by atoms with Crippen molar-refractivity contribution in [3.63, 3.8) is 0 Å². The van der Waals surface area contributed by atoms with E-state index in [0.717, 1.165) is 43.5 Å². The van der Waals surface area contributed by atoms with Crippen LogP contribution in [-0.2, 0) is 13.2 Å². The molecule has 7 rings (SSSR count). The summed E-state index contributed by atoms with van der Waals surface area (Å²) in [6, 6.07) is 33.3. The van der Waals surface area contributed by atoms with Crippen molar-refractivity contribution in [1.82, 2.24) is 15.0 Å². The van der Waals surface area contributed by atoms with Crippen LogP contribution in [0, 0.1) is 6.92 Å². The van der Waals surface area contributed by atoms with E-state index in [1.807, 2.05) is 23.0 Å². The summed E-state index contributed by atoms with van der Waals surface area (Å²) in [6.07, 6.45) is 1.90. The molecule has 0 aliphatic carbocycles. The highest BCUT2D eigenvalue weighted by molar-refractivity contribution is 7.31. The highest BCUT2D eigenvalue weighted by Gasteiger charge is 2.14. The Kier molecular flexibility index (Phi) is 5.69. The molecule has 38 heavy (non-hydrogen) atoms. The average Bonchev–Trinajstić information content (AvgIpc) is 3.32. The molecule has 0 atom stereocenters. The first-order valence-electron chi connectivity index (χ1n) is 12.5. The van der Waals surface area contributed by atoms with Gasteiger partial charge in [-0.1, -0.05) is 95.7 Å². The molecule has 5 aromatic carbocycles. The van der Waals surface area contributed by atoms with Crippen molar-refractivity contribution in [2.45, 2.75) is 20.1 Å². The fraction of sp³-hybridized carbons (Fsp3) is 0.0968. The maximum absolute atomic E-state index is 6.40. The number of fused-ring (bicyclic) bond motifs is 7. The minimum atomic E-state index is -1.73. The monoisotopic (exact) mass is 517 g/mol. The van der Waals surface area contributed by atoms with Gasteiger partial charge in [0.15, 0.2) is 0 Å². The molecule has 2 heterocycles. The van der Waals surface area contributed by atoms with Gasteiger partial charge in [0.25, 0.3) is 0 Å². The molecule has 7 heteroatoms. The third-order valence-electron chi connectivity index (χ3n) is 6.75. The summed E-state index contributed by atoms with van der Waals surface area (Å²) in [4.78, 5) is 0. The molecule has 2 aromatic heterocycles. The molecule has 0 radical (unpaired) electrons. The molecule has 186 valence electrons. The molecule has 7 aromatic rings. The number of rotatable bonds is 5. The van der Waals surface area contributed by atoms with Crippen LogP contribution in [0.2, 0.25) is 0 Å². The van der Waals surface area contributed by atoms with Gasteiger partial charge < -0.3 is 8.39 Å². The third-order valence-corrected chi connectivity index (χ3v) is 7.78. The molecule has 0 spiro atoms. The molecule has 0 aliphatic heterocycles. The first-order chi connectivity index (χ1) is 18.7. The van der Waals surface area contributed by atoms with Gasteiger partial charge in [-0.25, -0.2) is 4.68 Å². The smallest absolute Gasteiger partial charge is 0.387 e. The first kappa shape index (κ1) is 22.8. The van der Waals surface area contributed by atoms with E-state index in [-0.39, 0.29) is 6.61 Å². The lowest BCUT2D eigenvalue weighted by atomic mass is 9.99. The van der Waals surface area contributed by atoms with Crippen LogP contribution in [0.5, 0.6) is 0 Å². The van der Waals surface area contributed by atoms with Crippen molar-refractivity contribution in [2.24, 2.45) is 0 Å². The number of benzene rings is 5. The number of hydrogen-bond acceptors (Lipinski definition) is 5. The van der Waals surface area contributed by atoms with Crippen LogP contribution in [0.15, 0.2) is 112 Å². The van der Waals surface area contributed by atoms with Crippen molar-refractivity contribution in [3.8, 4) is 0 Å². The second kappa shape index (κ2) is 9.49. The van der Waals surface area contributed by atoms with Gasteiger partial charge in [-0.15, -0.1) is 5.10 Å². The van der Waals surface area contributed by atoms with E-state index >= 15 is 0 Å². The summed E-state index contributed by atoms with van der Waals surface area (Å²) < 4.78 is 20.8. The summed E-state index contributed by atoms with van der Waals surface area (Å²) in [5.74, 6) is 0. The zero-order valence-corrected chi connectivity index (χ0v) is 21.6. The average molecular weight is 518 g/mol. The van der Waals surface area contributed by atoms with E-state index in [0.29, 0.717) is 12.2 Å². The first-order valence-corrected chi connectivity index (χ1v) is 13.6. The van der Waals surface area contributed by atoms with Crippen LogP contribution in [0.4, 0.5) is 0 Å². The van der Waals surface area contributed by atoms with Gasteiger partial charge in [0, 0.05) is 10.8 Å². The van der Waals surface area contributed by atoms with Gasteiger partial charge in [-0.05, 0) is 46.2 Å². The Morgan fingerprint density at radius 2 is 1.34 bits per heavy atom. The van der Waals surface area contributed by atoms with E-state index in [9.17, 15) is 0 Å². The van der Waals surface area contributed by atoms with E-state index in [1.54, 1.807) is 0 Å². The second-order valence-electron chi connectivity index (χ2n) is 9.39. The van der Waals surface area contributed by atoms with Crippen molar-refractivity contribution in [3.05, 3.63) is 120 Å². The topological polar surface area (TPSA) is 66.2 Å². The molecule has 0 unspecified atom stereocenters. The summed E-state index contributed by atoms with van der Waals surface area (Å²) >= 11 is 0. The van der Waals surface area contributed by atoms with Crippen molar-refractivity contribution in [1.29, 1.82) is 0 Å². The van der Waals surface area contributed by atoms with Crippen LogP contribution >= 0.6 is 8.24 Å². The molecule has 0 bridgehead atoms. The summed E-state index contributed by atoms with van der Waals surface area (Å²) in [5.41, 5.74) is 4.60. The fourth-order valence-electron chi connectivity index (χ4n) is 4.88. The van der Waals surface area contributed by atoms with Gasteiger partial charge >= 0.3 is 8.24 Å². The van der Waals surface area contributed by atoms with Crippen LogP contribution in [0.1, 0.15) is 16.8 Å². The highest BCUT2D eigenvalue weighted by Crippen LogP contribution is 2.40. The third kappa shape index (κ3) is 4.24. The predicted octanol–water partition coefficient (Wildman–Crippen LogP) is 8.17. The Bertz CT molecular complexity index is 1880. The Morgan fingerprint density at radius 3 is 1.97 bits per heavy atom. The molecule has 0 saturated carbocycles. The minimum Gasteiger partial charge on any atom is -0.399 e. The molecular formula is C31H24N3O3P. The lowest BCUT2D eigenvalue weighted by molar-refractivity contribution is 0.359. The summed E-state index contributed by atoms with van der Waals surface area (Å²) in [5, 5.41) is 15.1. The highest BCUT2D eigenvalue weighted by atomic mass is 31.1. The van der Waals surface area contributed by atoms with Crippen molar-refractivity contribution in [2.75, 3.05) is 0 Å². The quantitative estimate of drug-likeness (QED) is 0.230. The summed E-state index contributed by atoms with van der Waals surface area (Å²) in [7, 11) is -1.73. The predicted molar refractivity (Wildman–Crippen MR) is 152 cm³/mol. The number of nitrogens with zero attached hydrogens (tertiary/aromatic N) is 3. The van der Waals surface area contributed by atoms with E-state index in [4.69, 9.17) is 12.9 Å². The minimum absolute atomic E-state index is 0.228. The van der Waals surface area contributed by atoms with Crippen LogP contribution in [0.3, 0.4) is 0 Å². The van der Waals surface area contributed by atoms with Gasteiger partial charge in [0.1, 0.15) is 23.5 Å². The molecule has 0 N–H and O–H groups in total. The van der Waals surface area contributed by atoms with Gasteiger partial charge in [0.05, 0.1) is 12.7 Å². The number of hydrogen-bond donors (Lipinski definition) is 0. The molecular weight excluding hydrogens is 493 g/mol. The number of aromatic nitrogens is 3. The lowest BCUT2D eigenvalue weighted by Crippen LogP contribution is -2.00. The lowest BCUT2D eigenvalue weighted by Gasteiger charge is -2.05. The molecule has 0 amide bonds. The van der Waals surface area contributed by atoms with Crippen LogP contribution in [-0.4, -0.2) is 15.0 Å². The van der Waals surface area contributed by atoms with Gasteiger partial charge in [0.2, 0.25) is 0 Å². The number of aryl methyl sites for hydroxylation is 1. The molecule has 6 nitrogen and oxygen atoms in total. The van der Waals surface area contributed by atoms with Crippen LogP contribution < -0.4 is 4.52 Å². The maximum atomic E-state index is 6.40. The van der Waals surface area contributed by atoms with Gasteiger partial charge in [-0.3, -0.25) is 4.52 Å². The Hall–Kier alpha value is -4.38. The van der Waals surface area contributed by atoms with E-state index < -0.39 is 8.24 Å². The van der Waals surface area contributed by atoms with E-state index in [1.165, 1.54) is 11.1 Å². The molecule has 0 aliphatic rings. The molecule has 0 fully saturated rings. The zero-order chi connectivity index (χ0) is 25.5. The van der Waals surface area contributed by atoms with Crippen LogP contribution in [0.25, 0.3) is 43.5 Å². The molecule has 0 saturated heterocycles. The second-order valence-corrected chi connectivity index (χ2v) is 10.5. The zero-order valence-electron chi connectivity index (χ0n) is 20.7. The van der Waals surface area contributed by atoms with Crippen molar-refractivity contribution < 1.29 is 12.9 Å². The Labute approximate surface area is 219 Å². The Balaban J connectivity index is 1.30.